The van der Waals surface area contributed by atoms with E-state index in [0.29, 0.717) is 16.8 Å². The lowest BCUT2D eigenvalue weighted by molar-refractivity contribution is -0.386. The summed E-state index contributed by atoms with van der Waals surface area (Å²) >= 11 is 0. The van der Waals surface area contributed by atoms with Crippen LogP contribution in [0, 0.1) is 42.2 Å². The number of hydrogen-bond donors (Lipinski definition) is 2. The second-order valence-corrected chi connectivity index (χ2v) is 5.00. The summed E-state index contributed by atoms with van der Waals surface area (Å²) in [6, 6.07) is 4.82. The predicted octanol–water partition coefficient (Wildman–Crippen LogP) is 2.45. The Labute approximate surface area is 125 Å². The summed E-state index contributed by atoms with van der Waals surface area (Å²) in [4.78, 5) is 24.8. The van der Waals surface area contributed by atoms with Gasteiger partial charge in [0.15, 0.2) is 0 Å². The number of aromatic nitrogens is 1. The van der Waals surface area contributed by atoms with E-state index >= 15 is 0 Å². The number of benzene rings is 1. The first-order valence-electron chi connectivity index (χ1n) is 6.39. The lowest BCUT2D eigenvalue weighted by Crippen LogP contribution is -2.13. The molecule has 0 radical (unpaired) electrons. The zero-order valence-corrected chi connectivity index (χ0v) is 12.2. The minimum absolute atomic E-state index is 0.0977. The molecule has 2 aromatic rings. The van der Waals surface area contributed by atoms with Gasteiger partial charge < -0.3 is 10.1 Å². The third-order valence-electron chi connectivity index (χ3n) is 3.54. The largest absolute Gasteiger partial charge is 0.502 e. The number of nitriles is 1. The number of nitrogens with one attached hydrogen (secondary N) is 1. The molecule has 0 saturated carbocycles. The molecular formula is C15H13N3O4. The Bertz CT molecular complexity index is 891. The maximum atomic E-state index is 11.9. The number of H-pyrrole nitrogens is 1. The van der Waals surface area contributed by atoms with Crippen LogP contribution in [0.3, 0.4) is 0 Å². The molecule has 1 heterocycles. The maximum Gasteiger partial charge on any atom is 0.314 e. The summed E-state index contributed by atoms with van der Waals surface area (Å²) in [5, 5.41) is 30.6. The van der Waals surface area contributed by atoms with Crippen LogP contribution in [-0.2, 0) is 0 Å². The van der Waals surface area contributed by atoms with Crippen LogP contribution in [0.25, 0.3) is 11.1 Å². The third kappa shape index (κ3) is 2.31. The van der Waals surface area contributed by atoms with Gasteiger partial charge in [-0.1, -0.05) is 0 Å². The van der Waals surface area contributed by atoms with E-state index in [9.17, 15) is 20.0 Å². The smallest absolute Gasteiger partial charge is 0.314 e. The van der Waals surface area contributed by atoms with Gasteiger partial charge in [0, 0.05) is 22.4 Å². The molecule has 0 bridgehead atoms. The van der Waals surface area contributed by atoms with E-state index in [-0.39, 0.29) is 16.7 Å². The number of nitro benzene ring substituents is 1. The maximum absolute atomic E-state index is 11.9. The molecule has 0 amide bonds. The van der Waals surface area contributed by atoms with E-state index in [1.54, 1.807) is 19.9 Å². The van der Waals surface area contributed by atoms with Crippen molar-refractivity contribution in [2.75, 3.05) is 0 Å². The molecule has 0 aliphatic rings. The molecule has 0 aliphatic heterocycles. The Morgan fingerprint density at radius 2 is 1.91 bits per heavy atom. The Kier molecular flexibility index (Phi) is 3.70. The number of rotatable bonds is 2. The first-order valence-corrected chi connectivity index (χ1v) is 6.39. The van der Waals surface area contributed by atoms with Crippen LogP contribution in [0.15, 0.2) is 16.9 Å². The molecule has 7 nitrogen and oxygen atoms in total. The summed E-state index contributed by atoms with van der Waals surface area (Å²) in [6.45, 7) is 4.82. The van der Waals surface area contributed by atoms with Crippen LogP contribution in [-0.4, -0.2) is 15.0 Å². The van der Waals surface area contributed by atoms with Gasteiger partial charge in [-0.15, -0.1) is 0 Å². The van der Waals surface area contributed by atoms with E-state index in [4.69, 9.17) is 5.26 Å². The van der Waals surface area contributed by atoms with Crippen LogP contribution in [0.1, 0.15) is 22.4 Å². The first kappa shape index (κ1) is 15.3. The number of nitrogens with zero attached hydrogens (tertiary/aromatic N) is 2. The number of aryl methyl sites for hydroxylation is 2. The van der Waals surface area contributed by atoms with Crippen molar-refractivity contribution in [2.24, 2.45) is 0 Å². The molecule has 1 aromatic heterocycles. The summed E-state index contributed by atoms with van der Waals surface area (Å²) in [7, 11) is 0. The minimum Gasteiger partial charge on any atom is -0.502 e. The molecule has 0 spiro atoms. The second kappa shape index (κ2) is 5.33. The van der Waals surface area contributed by atoms with Gasteiger partial charge in [0.05, 0.1) is 4.92 Å². The third-order valence-corrected chi connectivity index (χ3v) is 3.54. The minimum atomic E-state index is -0.673. The van der Waals surface area contributed by atoms with Gasteiger partial charge in [0.2, 0.25) is 5.75 Å². The fraction of sp³-hybridized carbons (Fsp3) is 0.200. The van der Waals surface area contributed by atoms with Crippen molar-refractivity contribution in [1.82, 2.24) is 4.98 Å². The number of aromatic hydroxyl groups is 1. The van der Waals surface area contributed by atoms with Crippen LogP contribution in [0.4, 0.5) is 5.69 Å². The predicted molar refractivity (Wildman–Crippen MR) is 79.7 cm³/mol. The monoisotopic (exact) mass is 299 g/mol. The molecule has 2 N–H and O–H groups in total. The van der Waals surface area contributed by atoms with Crippen LogP contribution < -0.4 is 5.56 Å². The highest BCUT2D eigenvalue weighted by molar-refractivity contribution is 5.81. The Hall–Kier alpha value is -3.14. The van der Waals surface area contributed by atoms with E-state index in [1.165, 1.54) is 19.1 Å². The van der Waals surface area contributed by atoms with Gasteiger partial charge in [0.1, 0.15) is 11.6 Å². The van der Waals surface area contributed by atoms with Crippen molar-refractivity contribution < 1.29 is 10.0 Å². The molecule has 22 heavy (non-hydrogen) atoms. The highest BCUT2D eigenvalue weighted by Crippen LogP contribution is 2.41. The van der Waals surface area contributed by atoms with Crippen molar-refractivity contribution in [3.63, 3.8) is 0 Å². The molecular weight excluding hydrogens is 286 g/mol. The molecule has 112 valence electrons. The second-order valence-electron chi connectivity index (χ2n) is 5.00. The highest BCUT2D eigenvalue weighted by Gasteiger charge is 2.25. The standard InChI is InChI=1S/C15H13N3O4/c1-7-4-11(14(19)13(9(7)3)18(21)22)10-5-8(2)17-15(20)12(10)6-16/h4-5,19H,1-3H3,(H,17,20). The van der Waals surface area contributed by atoms with Crippen molar-refractivity contribution in [1.29, 1.82) is 5.26 Å². The van der Waals surface area contributed by atoms with Gasteiger partial charge in [0.25, 0.3) is 5.56 Å². The number of phenols is 1. The first-order chi connectivity index (χ1) is 10.3. The molecule has 0 aliphatic carbocycles. The van der Waals surface area contributed by atoms with Crippen LogP contribution in [0.5, 0.6) is 5.75 Å². The lowest BCUT2D eigenvalue weighted by atomic mass is 9.95. The fourth-order valence-electron chi connectivity index (χ4n) is 2.33. The van der Waals surface area contributed by atoms with Crippen molar-refractivity contribution in [3.05, 3.63) is 55.0 Å². The number of aromatic amines is 1. The van der Waals surface area contributed by atoms with Gasteiger partial charge >= 0.3 is 5.69 Å². The number of pyridine rings is 1. The molecule has 2 rings (SSSR count). The van der Waals surface area contributed by atoms with E-state index in [2.05, 4.69) is 4.98 Å². The summed E-state index contributed by atoms with van der Waals surface area (Å²) in [5.74, 6) is -0.547. The zero-order chi connectivity index (χ0) is 16.6. The van der Waals surface area contributed by atoms with Crippen molar-refractivity contribution in [2.45, 2.75) is 20.8 Å². The Morgan fingerprint density at radius 1 is 1.27 bits per heavy atom. The van der Waals surface area contributed by atoms with Gasteiger partial charge in [-0.3, -0.25) is 14.9 Å². The zero-order valence-electron chi connectivity index (χ0n) is 12.2. The molecule has 1 aromatic carbocycles. The van der Waals surface area contributed by atoms with E-state index in [1.807, 2.05) is 0 Å². The van der Waals surface area contributed by atoms with Gasteiger partial charge in [-0.05, 0) is 38.5 Å². The summed E-state index contributed by atoms with van der Waals surface area (Å²) in [6.07, 6.45) is 0. The topological polar surface area (TPSA) is 120 Å². The average Bonchev–Trinajstić information content (AvgIpc) is 2.42. The highest BCUT2D eigenvalue weighted by atomic mass is 16.6. The van der Waals surface area contributed by atoms with Crippen LogP contribution >= 0.6 is 0 Å². The van der Waals surface area contributed by atoms with Crippen molar-refractivity contribution >= 4 is 5.69 Å². The fourth-order valence-corrected chi connectivity index (χ4v) is 2.33. The van der Waals surface area contributed by atoms with E-state index in [0.717, 1.165) is 0 Å². The number of nitro groups is 1. The molecule has 0 fully saturated rings. The number of hydrogen-bond acceptors (Lipinski definition) is 5. The van der Waals surface area contributed by atoms with Gasteiger partial charge in [-0.2, -0.15) is 5.26 Å². The molecule has 0 saturated heterocycles. The molecule has 7 heteroatoms. The molecule has 0 unspecified atom stereocenters. The Morgan fingerprint density at radius 3 is 2.45 bits per heavy atom. The summed E-state index contributed by atoms with van der Waals surface area (Å²) in [5.41, 5.74) is 0.466. The quantitative estimate of drug-likeness (QED) is 0.651. The normalized spacial score (nSPS) is 10.3. The average molecular weight is 299 g/mol. The number of phenolic OH excluding ortho intramolecular Hbond substituents is 1. The van der Waals surface area contributed by atoms with Gasteiger partial charge in [-0.25, -0.2) is 0 Å². The molecule has 0 atom stereocenters. The lowest BCUT2D eigenvalue weighted by Gasteiger charge is -2.11. The van der Waals surface area contributed by atoms with Crippen LogP contribution in [0.2, 0.25) is 0 Å². The summed E-state index contributed by atoms with van der Waals surface area (Å²) < 4.78 is 0. The SMILES string of the molecule is Cc1cc(-c2cc(C)c(C)c([N+](=O)[O-])c2O)c(C#N)c(=O)[nH]1. The van der Waals surface area contributed by atoms with E-state index < -0.39 is 21.9 Å². The van der Waals surface area contributed by atoms with Crippen molar-refractivity contribution in [3.8, 4) is 22.9 Å². The Balaban J connectivity index is 2.95.